The molecule has 0 radical (unpaired) electrons. The van der Waals surface area contributed by atoms with E-state index in [9.17, 15) is 9.59 Å². The smallest absolute Gasteiger partial charge is 0.254 e. The van der Waals surface area contributed by atoms with Gasteiger partial charge in [-0.3, -0.25) is 9.59 Å². The van der Waals surface area contributed by atoms with Gasteiger partial charge in [0.2, 0.25) is 5.91 Å². The average molecular weight is 408 g/mol. The third-order valence-corrected chi connectivity index (χ3v) is 6.59. The summed E-state index contributed by atoms with van der Waals surface area (Å²) in [6.45, 7) is 3.10. The van der Waals surface area contributed by atoms with Crippen LogP contribution in [0.25, 0.3) is 10.9 Å². The fraction of sp³-hybridized carbons (Fsp3) is 0.304. The number of para-hydroxylation sites is 1. The van der Waals surface area contributed by atoms with Gasteiger partial charge in [-0.05, 0) is 49.1 Å². The molecule has 5 nitrogen and oxygen atoms in total. The molecule has 5 rings (SSSR count). The molecule has 2 aliphatic heterocycles. The largest absolute Gasteiger partial charge is 0.356 e. The van der Waals surface area contributed by atoms with Gasteiger partial charge in [-0.1, -0.05) is 41.9 Å². The Morgan fingerprint density at radius 1 is 1.10 bits per heavy atom. The molecule has 0 bridgehead atoms. The number of aromatic amines is 1. The van der Waals surface area contributed by atoms with Gasteiger partial charge >= 0.3 is 0 Å². The molecule has 3 aromatic rings. The van der Waals surface area contributed by atoms with Gasteiger partial charge in [0.25, 0.3) is 5.91 Å². The maximum absolute atomic E-state index is 13.6. The molecule has 0 spiro atoms. The summed E-state index contributed by atoms with van der Waals surface area (Å²) in [5.74, 6) is -0.00826. The summed E-state index contributed by atoms with van der Waals surface area (Å²) in [6, 6.07) is 15.7. The summed E-state index contributed by atoms with van der Waals surface area (Å²) in [5.41, 5.74) is 3.14. The molecule has 1 fully saturated rings. The Hall–Kier alpha value is -2.79. The monoisotopic (exact) mass is 407 g/mol. The van der Waals surface area contributed by atoms with Gasteiger partial charge in [-0.2, -0.15) is 0 Å². The molecular weight excluding hydrogens is 386 g/mol. The zero-order valence-corrected chi connectivity index (χ0v) is 17.0. The summed E-state index contributed by atoms with van der Waals surface area (Å²) in [6.07, 6.45) is 1.45. The lowest BCUT2D eigenvalue weighted by atomic mass is 9.83. The number of carbonyl (C=O) groups is 2. The van der Waals surface area contributed by atoms with Gasteiger partial charge in [0.1, 0.15) is 0 Å². The van der Waals surface area contributed by atoms with Crippen molar-refractivity contribution in [3.8, 4) is 0 Å². The first kappa shape index (κ1) is 18.3. The highest BCUT2D eigenvalue weighted by atomic mass is 35.5. The van der Waals surface area contributed by atoms with E-state index < -0.39 is 5.54 Å². The van der Waals surface area contributed by atoms with Gasteiger partial charge in [-0.25, -0.2) is 0 Å². The molecule has 2 aliphatic rings. The lowest BCUT2D eigenvalue weighted by Gasteiger charge is -2.49. The van der Waals surface area contributed by atoms with Crippen molar-refractivity contribution in [1.29, 1.82) is 0 Å². The number of nitrogens with zero attached hydrogens (tertiary/aromatic N) is 2. The average Bonchev–Trinajstić information content (AvgIpc) is 3.11. The zero-order chi connectivity index (χ0) is 20.2. The summed E-state index contributed by atoms with van der Waals surface area (Å²) >= 11 is 5.96. The minimum atomic E-state index is -0.984. The lowest BCUT2D eigenvalue weighted by Crippen LogP contribution is -2.67. The zero-order valence-electron chi connectivity index (χ0n) is 16.2. The van der Waals surface area contributed by atoms with E-state index in [0.29, 0.717) is 24.5 Å². The van der Waals surface area contributed by atoms with Crippen molar-refractivity contribution in [1.82, 2.24) is 14.8 Å². The van der Waals surface area contributed by atoms with E-state index in [2.05, 4.69) is 11.1 Å². The topological polar surface area (TPSA) is 56.4 Å². The van der Waals surface area contributed by atoms with E-state index in [0.717, 1.165) is 34.1 Å². The van der Waals surface area contributed by atoms with Crippen molar-refractivity contribution in [3.63, 3.8) is 0 Å². The second-order valence-electron chi connectivity index (χ2n) is 7.99. The molecule has 6 heteroatoms. The first-order valence-electron chi connectivity index (χ1n) is 9.93. The number of hydrogen-bond acceptors (Lipinski definition) is 2. The highest BCUT2D eigenvalue weighted by Crippen LogP contribution is 2.41. The van der Waals surface area contributed by atoms with Crippen LogP contribution in [0.15, 0.2) is 48.5 Å². The number of fused-ring (bicyclic) bond motifs is 5. The Bertz CT molecular complexity index is 1120. The number of rotatable bonds is 3. The molecule has 2 amide bonds. The molecule has 29 heavy (non-hydrogen) atoms. The van der Waals surface area contributed by atoms with E-state index in [1.165, 1.54) is 0 Å². The van der Waals surface area contributed by atoms with Crippen molar-refractivity contribution in [3.05, 3.63) is 70.4 Å². The number of amides is 2. The normalized spacial score (nSPS) is 21.4. The predicted molar refractivity (Wildman–Crippen MR) is 113 cm³/mol. The highest BCUT2D eigenvalue weighted by Gasteiger charge is 2.53. The van der Waals surface area contributed by atoms with Gasteiger partial charge in [0.15, 0.2) is 5.54 Å². The van der Waals surface area contributed by atoms with E-state index in [-0.39, 0.29) is 18.4 Å². The summed E-state index contributed by atoms with van der Waals surface area (Å²) in [7, 11) is 0. The predicted octanol–water partition coefficient (Wildman–Crippen LogP) is 3.51. The van der Waals surface area contributed by atoms with Crippen LogP contribution >= 0.6 is 11.6 Å². The van der Waals surface area contributed by atoms with Gasteiger partial charge in [0.05, 0.1) is 12.2 Å². The highest BCUT2D eigenvalue weighted by molar-refractivity contribution is 6.30. The Morgan fingerprint density at radius 2 is 1.86 bits per heavy atom. The Labute approximate surface area is 174 Å². The van der Waals surface area contributed by atoms with Crippen LogP contribution in [0.4, 0.5) is 0 Å². The molecule has 2 aromatic carbocycles. The van der Waals surface area contributed by atoms with Crippen molar-refractivity contribution in [2.75, 3.05) is 19.6 Å². The summed E-state index contributed by atoms with van der Waals surface area (Å²) < 4.78 is 0. The molecular formula is C23H22ClN3O2. The van der Waals surface area contributed by atoms with E-state index in [1.54, 1.807) is 9.80 Å². The van der Waals surface area contributed by atoms with Crippen LogP contribution in [0.5, 0.6) is 0 Å². The molecule has 3 heterocycles. The number of nitrogens with one attached hydrogen (secondary N) is 1. The number of aromatic nitrogens is 1. The first-order chi connectivity index (χ1) is 14.0. The van der Waals surface area contributed by atoms with Crippen molar-refractivity contribution >= 4 is 34.3 Å². The molecule has 1 saturated heterocycles. The molecule has 0 saturated carbocycles. The first-order valence-corrected chi connectivity index (χ1v) is 10.3. The Balaban J connectivity index is 1.49. The number of piperazine rings is 1. The van der Waals surface area contributed by atoms with Crippen LogP contribution in [0.2, 0.25) is 5.02 Å². The molecule has 148 valence electrons. The summed E-state index contributed by atoms with van der Waals surface area (Å²) in [4.78, 5) is 33.5. The molecule has 1 aromatic heterocycles. The van der Waals surface area contributed by atoms with E-state index in [1.807, 2.05) is 49.4 Å². The fourth-order valence-corrected chi connectivity index (χ4v) is 4.90. The number of halogens is 1. The van der Waals surface area contributed by atoms with Crippen molar-refractivity contribution in [2.24, 2.45) is 0 Å². The van der Waals surface area contributed by atoms with Gasteiger partial charge < -0.3 is 14.8 Å². The van der Waals surface area contributed by atoms with E-state index in [4.69, 9.17) is 11.6 Å². The quantitative estimate of drug-likeness (QED) is 0.722. The number of benzene rings is 2. The minimum Gasteiger partial charge on any atom is -0.356 e. The van der Waals surface area contributed by atoms with Gasteiger partial charge in [-0.15, -0.1) is 0 Å². The fourth-order valence-electron chi connectivity index (χ4n) is 4.78. The Morgan fingerprint density at radius 3 is 2.66 bits per heavy atom. The van der Waals surface area contributed by atoms with Crippen LogP contribution < -0.4 is 0 Å². The summed E-state index contributed by atoms with van der Waals surface area (Å²) in [5, 5.41) is 1.83. The maximum atomic E-state index is 13.6. The van der Waals surface area contributed by atoms with E-state index >= 15 is 0 Å². The SMILES string of the molecule is CC12C(=O)N(CCc3ccc(Cl)cc3)CC(=O)N1CCc1c2[nH]c2ccccc12. The standard InChI is InChI=1S/C23H22ClN3O2/c1-23-21-18(17-4-2-3-5-19(17)25-21)11-13-27(23)20(28)14-26(22(23)29)12-10-15-6-8-16(24)9-7-15/h2-9,25H,10-14H2,1H3. The number of carbonyl (C=O) groups excluding carboxylic acids is 2. The third-order valence-electron chi connectivity index (χ3n) is 6.34. The molecule has 1 atom stereocenters. The van der Waals surface area contributed by atoms with Gasteiger partial charge in [0, 0.05) is 29.0 Å². The van der Waals surface area contributed by atoms with Crippen LogP contribution in [0.3, 0.4) is 0 Å². The number of H-pyrrole nitrogens is 1. The maximum Gasteiger partial charge on any atom is 0.254 e. The molecule has 0 aliphatic carbocycles. The van der Waals surface area contributed by atoms with Crippen LogP contribution in [0, 0.1) is 0 Å². The minimum absolute atomic E-state index is 0.00696. The Kier molecular flexibility index (Phi) is 4.17. The van der Waals surface area contributed by atoms with Crippen molar-refractivity contribution < 1.29 is 9.59 Å². The second-order valence-corrected chi connectivity index (χ2v) is 8.43. The third kappa shape index (κ3) is 2.76. The molecule has 1 N–H and O–H groups in total. The van der Waals surface area contributed by atoms with Crippen molar-refractivity contribution in [2.45, 2.75) is 25.3 Å². The van der Waals surface area contributed by atoms with Crippen LogP contribution in [0.1, 0.15) is 23.7 Å². The second kappa shape index (κ2) is 6.63. The molecule has 1 unspecified atom stereocenters. The lowest BCUT2D eigenvalue weighted by molar-refractivity contribution is -0.165. The van der Waals surface area contributed by atoms with Crippen LogP contribution in [-0.4, -0.2) is 46.2 Å². The van der Waals surface area contributed by atoms with Crippen LogP contribution in [-0.2, 0) is 28.0 Å². The number of hydrogen-bond donors (Lipinski definition) is 1.